The van der Waals surface area contributed by atoms with Gasteiger partial charge in [-0.15, -0.1) is 12.4 Å². The van der Waals surface area contributed by atoms with Crippen LogP contribution < -0.4 is 5.32 Å². The predicted molar refractivity (Wildman–Crippen MR) is 86.8 cm³/mol. The highest BCUT2D eigenvalue weighted by molar-refractivity contribution is 6.42. The van der Waals surface area contributed by atoms with Crippen molar-refractivity contribution < 1.29 is 5.11 Å². The monoisotopic (exact) mass is 331 g/mol. The van der Waals surface area contributed by atoms with Gasteiger partial charge in [-0.05, 0) is 23.3 Å². The van der Waals surface area contributed by atoms with Gasteiger partial charge in [-0.25, -0.2) is 0 Å². The summed E-state index contributed by atoms with van der Waals surface area (Å²) in [7, 11) is 0. The molecule has 0 fully saturated rings. The average molecular weight is 333 g/mol. The Balaban J connectivity index is 0.00000200. The number of halogens is 3. The van der Waals surface area contributed by atoms with Gasteiger partial charge in [-0.2, -0.15) is 0 Å². The van der Waals surface area contributed by atoms with E-state index in [9.17, 15) is 5.11 Å². The molecule has 2 aromatic carbocycles. The van der Waals surface area contributed by atoms with Gasteiger partial charge < -0.3 is 10.4 Å². The predicted octanol–water partition coefficient (Wildman–Crippen LogP) is 4.24. The summed E-state index contributed by atoms with van der Waals surface area (Å²) in [6.45, 7) is 1.13. The second-order valence-corrected chi connectivity index (χ2v) is 5.12. The molecule has 0 aliphatic carbocycles. The number of hydrogen-bond donors (Lipinski definition) is 2. The van der Waals surface area contributed by atoms with Crippen LogP contribution >= 0.6 is 35.6 Å². The second-order valence-electron chi connectivity index (χ2n) is 4.31. The number of hydrogen-bond acceptors (Lipinski definition) is 2. The Labute approximate surface area is 135 Å². The lowest BCUT2D eigenvalue weighted by atomic mass is 10.1. The minimum Gasteiger partial charge on any atom is -0.387 e. The van der Waals surface area contributed by atoms with E-state index >= 15 is 0 Å². The standard InChI is InChI=1S/C15H15Cl2NO.ClH/c16-13-7-6-11(8-14(13)17)9-18-10-15(19)12-4-2-1-3-5-12;/h1-8,15,18-19H,9-10H2;1H. The van der Waals surface area contributed by atoms with Crippen molar-refractivity contribution in [3.05, 3.63) is 69.7 Å². The van der Waals surface area contributed by atoms with Crippen LogP contribution in [-0.4, -0.2) is 11.7 Å². The lowest BCUT2D eigenvalue weighted by molar-refractivity contribution is 0.174. The Kier molecular flexibility index (Phi) is 7.35. The molecule has 0 heterocycles. The zero-order chi connectivity index (χ0) is 13.7. The van der Waals surface area contributed by atoms with Gasteiger partial charge in [0, 0.05) is 13.1 Å². The summed E-state index contributed by atoms with van der Waals surface area (Å²) in [6.07, 6.45) is -0.510. The molecular weight excluding hydrogens is 317 g/mol. The molecule has 2 N–H and O–H groups in total. The van der Waals surface area contributed by atoms with Crippen LogP contribution in [0, 0.1) is 0 Å². The second kappa shape index (κ2) is 8.50. The van der Waals surface area contributed by atoms with Gasteiger partial charge in [0.15, 0.2) is 0 Å². The molecule has 0 bridgehead atoms. The number of benzene rings is 2. The Hall–Kier alpha value is -0.770. The van der Waals surface area contributed by atoms with Crippen LogP contribution in [0.4, 0.5) is 0 Å². The van der Waals surface area contributed by atoms with Crippen LogP contribution in [0.5, 0.6) is 0 Å². The molecule has 0 amide bonds. The van der Waals surface area contributed by atoms with E-state index in [1.54, 1.807) is 6.07 Å². The van der Waals surface area contributed by atoms with Crippen molar-refractivity contribution in [3.63, 3.8) is 0 Å². The molecule has 0 aromatic heterocycles. The van der Waals surface area contributed by atoms with Crippen molar-refractivity contribution in [1.82, 2.24) is 5.32 Å². The minimum atomic E-state index is -0.510. The Bertz CT molecular complexity index is 534. The third-order valence-corrected chi connectivity index (χ3v) is 3.57. The van der Waals surface area contributed by atoms with E-state index in [-0.39, 0.29) is 12.4 Å². The number of aliphatic hydroxyl groups is 1. The lowest BCUT2D eigenvalue weighted by Gasteiger charge is -2.12. The third-order valence-electron chi connectivity index (χ3n) is 2.84. The zero-order valence-electron chi connectivity index (χ0n) is 10.7. The maximum Gasteiger partial charge on any atom is 0.0914 e. The van der Waals surface area contributed by atoms with Crippen molar-refractivity contribution in [2.75, 3.05) is 6.54 Å². The molecule has 20 heavy (non-hydrogen) atoms. The molecule has 2 aromatic rings. The molecule has 108 valence electrons. The van der Waals surface area contributed by atoms with Crippen LogP contribution in [0.15, 0.2) is 48.5 Å². The SMILES string of the molecule is Cl.OC(CNCc1ccc(Cl)c(Cl)c1)c1ccccc1. The fourth-order valence-electron chi connectivity index (χ4n) is 1.80. The van der Waals surface area contributed by atoms with E-state index in [4.69, 9.17) is 23.2 Å². The average Bonchev–Trinajstić information content (AvgIpc) is 2.43. The van der Waals surface area contributed by atoms with Gasteiger partial charge in [0.2, 0.25) is 0 Å². The van der Waals surface area contributed by atoms with E-state index < -0.39 is 6.10 Å². The van der Waals surface area contributed by atoms with E-state index in [1.165, 1.54) is 0 Å². The highest BCUT2D eigenvalue weighted by atomic mass is 35.5. The third kappa shape index (κ3) is 4.97. The summed E-state index contributed by atoms with van der Waals surface area (Å²) in [6, 6.07) is 15.1. The van der Waals surface area contributed by atoms with Crippen molar-refractivity contribution in [2.24, 2.45) is 0 Å². The van der Waals surface area contributed by atoms with Crippen LogP contribution in [0.1, 0.15) is 17.2 Å². The minimum absolute atomic E-state index is 0. The molecule has 1 unspecified atom stereocenters. The molecular formula is C15H16Cl3NO. The van der Waals surface area contributed by atoms with Crippen LogP contribution in [0.25, 0.3) is 0 Å². The van der Waals surface area contributed by atoms with E-state index in [2.05, 4.69) is 5.32 Å². The first-order valence-corrected chi connectivity index (χ1v) is 6.80. The smallest absolute Gasteiger partial charge is 0.0914 e. The molecule has 0 aliphatic heterocycles. The topological polar surface area (TPSA) is 32.3 Å². The number of nitrogens with one attached hydrogen (secondary N) is 1. The molecule has 0 saturated heterocycles. The fourth-order valence-corrected chi connectivity index (χ4v) is 2.12. The van der Waals surface area contributed by atoms with Crippen LogP contribution in [0.3, 0.4) is 0 Å². The summed E-state index contributed by atoms with van der Waals surface area (Å²) in [5.41, 5.74) is 1.94. The highest BCUT2D eigenvalue weighted by Crippen LogP contribution is 2.22. The summed E-state index contributed by atoms with van der Waals surface area (Å²) in [5.74, 6) is 0. The summed E-state index contributed by atoms with van der Waals surface area (Å²) >= 11 is 11.8. The molecule has 0 spiro atoms. The molecule has 1 atom stereocenters. The van der Waals surface area contributed by atoms with Crippen molar-refractivity contribution in [3.8, 4) is 0 Å². The lowest BCUT2D eigenvalue weighted by Crippen LogP contribution is -2.21. The van der Waals surface area contributed by atoms with E-state index in [0.717, 1.165) is 11.1 Å². The Morgan fingerprint density at radius 3 is 2.35 bits per heavy atom. The molecule has 0 saturated carbocycles. The first-order chi connectivity index (χ1) is 9.16. The van der Waals surface area contributed by atoms with Gasteiger partial charge in [-0.1, -0.05) is 59.6 Å². The first kappa shape index (κ1) is 17.3. The first-order valence-electron chi connectivity index (χ1n) is 6.04. The zero-order valence-corrected chi connectivity index (χ0v) is 13.1. The summed E-state index contributed by atoms with van der Waals surface area (Å²) in [5, 5.41) is 14.3. The van der Waals surface area contributed by atoms with Gasteiger partial charge in [0.05, 0.1) is 16.1 Å². The molecule has 2 nitrogen and oxygen atoms in total. The molecule has 2 rings (SSSR count). The maximum atomic E-state index is 9.99. The summed E-state index contributed by atoms with van der Waals surface area (Å²) in [4.78, 5) is 0. The van der Waals surface area contributed by atoms with Crippen molar-refractivity contribution in [1.29, 1.82) is 0 Å². The highest BCUT2D eigenvalue weighted by Gasteiger charge is 2.06. The molecule has 0 radical (unpaired) electrons. The molecule has 0 aliphatic rings. The Morgan fingerprint density at radius 2 is 1.70 bits per heavy atom. The number of rotatable bonds is 5. The van der Waals surface area contributed by atoms with Crippen LogP contribution in [0.2, 0.25) is 10.0 Å². The Morgan fingerprint density at radius 1 is 1.00 bits per heavy atom. The van der Waals surface area contributed by atoms with Crippen molar-refractivity contribution in [2.45, 2.75) is 12.6 Å². The van der Waals surface area contributed by atoms with Gasteiger partial charge >= 0.3 is 0 Å². The van der Waals surface area contributed by atoms with Crippen LogP contribution in [-0.2, 0) is 6.54 Å². The quantitative estimate of drug-likeness (QED) is 0.858. The van der Waals surface area contributed by atoms with E-state index in [0.29, 0.717) is 23.1 Å². The maximum absolute atomic E-state index is 9.99. The van der Waals surface area contributed by atoms with E-state index in [1.807, 2.05) is 42.5 Å². The summed E-state index contributed by atoms with van der Waals surface area (Å²) < 4.78 is 0. The largest absolute Gasteiger partial charge is 0.387 e. The van der Waals surface area contributed by atoms with Gasteiger partial charge in [-0.3, -0.25) is 0 Å². The molecule has 5 heteroatoms. The fraction of sp³-hybridized carbons (Fsp3) is 0.200. The number of aliphatic hydroxyl groups excluding tert-OH is 1. The van der Waals surface area contributed by atoms with Gasteiger partial charge in [0.25, 0.3) is 0 Å². The normalized spacial score (nSPS) is 11.8. The van der Waals surface area contributed by atoms with Crippen molar-refractivity contribution >= 4 is 35.6 Å². The van der Waals surface area contributed by atoms with Gasteiger partial charge in [0.1, 0.15) is 0 Å².